The van der Waals surface area contributed by atoms with E-state index in [-0.39, 0.29) is 18.9 Å². The van der Waals surface area contributed by atoms with Gasteiger partial charge in [-0.25, -0.2) is 0 Å². The highest BCUT2D eigenvalue weighted by Crippen LogP contribution is 2.39. The number of morpholine rings is 1. The summed E-state index contributed by atoms with van der Waals surface area (Å²) in [6.45, 7) is 7.77. The van der Waals surface area contributed by atoms with Gasteiger partial charge in [0.15, 0.2) is 11.5 Å². The predicted molar refractivity (Wildman–Crippen MR) is 97.8 cm³/mol. The molecule has 1 amide bonds. The molecule has 1 unspecified atom stereocenters. The Hall–Kier alpha value is -2.48. The van der Waals surface area contributed by atoms with Crippen LogP contribution in [0.1, 0.15) is 37.6 Å². The highest BCUT2D eigenvalue weighted by molar-refractivity contribution is 5.95. The van der Waals surface area contributed by atoms with Crippen LogP contribution in [-0.2, 0) is 9.53 Å². The van der Waals surface area contributed by atoms with Crippen molar-refractivity contribution >= 4 is 11.9 Å². The molecule has 0 saturated carbocycles. The van der Waals surface area contributed by atoms with Crippen LogP contribution in [-0.4, -0.2) is 67.5 Å². The third-order valence-electron chi connectivity index (χ3n) is 3.98. The first-order valence-electron chi connectivity index (χ1n) is 9.19. The minimum absolute atomic E-state index is 0.137. The van der Waals surface area contributed by atoms with E-state index in [0.717, 1.165) is 0 Å². The van der Waals surface area contributed by atoms with E-state index >= 15 is 0 Å². The van der Waals surface area contributed by atoms with Crippen molar-refractivity contribution in [1.82, 2.24) is 4.90 Å². The quantitative estimate of drug-likeness (QED) is 0.701. The first-order valence-corrected chi connectivity index (χ1v) is 9.19. The number of amides is 1. The number of hydrogen-bond donors (Lipinski definition) is 1. The van der Waals surface area contributed by atoms with Crippen LogP contribution in [0.4, 0.5) is 0 Å². The van der Waals surface area contributed by atoms with Crippen molar-refractivity contribution in [2.24, 2.45) is 0 Å². The maximum absolute atomic E-state index is 13.0. The third-order valence-corrected chi connectivity index (χ3v) is 3.98. The number of rotatable bonds is 9. The monoisotopic (exact) mass is 381 g/mol. The van der Waals surface area contributed by atoms with Gasteiger partial charge in [0, 0.05) is 18.7 Å². The molecule has 8 heteroatoms. The average molecular weight is 381 g/mol. The topological polar surface area (TPSA) is 94.5 Å². The Bertz CT molecular complexity index is 634. The molecule has 2 rings (SSSR count). The molecule has 1 aliphatic rings. The van der Waals surface area contributed by atoms with E-state index in [4.69, 9.17) is 24.1 Å². The Morgan fingerprint density at radius 3 is 2.22 bits per heavy atom. The lowest BCUT2D eigenvalue weighted by Crippen LogP contribution is -2.46. The van der Waals surface area contributed by atoms with Crippen LogP contribution in [0.3, 0.4) is 0 Å². The van der Waals surface area contributed by atoms with Crippen LogP contribution in [0.5, 0.6) is 17.2 Å². The number of carbonyl (C=O) groups excluding carboxylic acids is 1. The van der Waals surface area contributed by atoms with Gasteiger partial charge in [-0.05, 0) is 32.9 Å². The van der Waals surface area contributed by atoms with Gasteiger partial charge in [-0.2, -0.15) is 0 Å². The highest BCUT2D eigenvalue weighted by atomic mass is 16.5. The molecule has 0 aliphatic carbocycles. The largest absolute Gasteiger partial charge is 0.490 e. The lowest BCUT2D eigenvalue weighted by molar-refractivity contribution is -0.141. The van der Waals surface area contributed by atoms with E-state index < -0.39 is 12.1 Å². The number of carbonyl (C=O) groups is 2. The molecule has 1 fully saturated rings. The zero-order chi connectivity index (χ0) is 19.8. The Morgan fingerprint density at radius 2 is 1.70 bits per heavy atom. The summed E-state index contributed by atoms with van der Waals surface area (Å²) in [7, 11) is 0. The number of hydrogen-bond acceptors (Lipinski definition) is 6. The zero-order valence-electron chi connectivity index (χ0n) is 16.0. The van der Waals surface area contributed by atoms with Gasteiger partial charge < -0.3 is 29.0 Å². The smallest absolute Gasteiger partial charge is 0.306 e. The van der Waals surface area contributed by atoms with Gasteiger partial charge in [-0.1, -0.05) is 0 Å². The summed E-state index contributed by atoms with van der Waals surface area (Å²) >= 11 is 0. The van der Waals surface area contributed by atoms with Crippen LogP contribution in [0.2, 0.25) is 0 Å². The summed E-state index contributed by atoms with van der Waals surface area (Å²) in [6.07, 6.45) is -0.651. The van der Waals surface area contributed by atoms with Gasteiger partial charge in [-0.3, -0.25) is 9.59 Å². The second kappa shape index (κ2) is 10.0. The molecular formula is C19H27NO7. The minimum atomic E-state index is -0.951. The highest BCUT2D eigenvalue weighted by Gasteiger charge is 2.28. The van der Waals surface area contributed by atoms with E-state index in [9.17, 15) is 9.59 Å². The lowest BCUT2D eigenvalue weighted by Gasteiger charge is -2.32. The number of nitrogens with zero attached hydrogens (tertiary/aromatic N) is 1. The molecule has 1 heterocycles. The summed E-state index contributed by atoms with van der Waals surface area (Å²) in [5.41, 5.74) is 0.404. The van der Waals surface area contributed by atoms with Crippen molar-refractivity contribution in [2.45, 2.75) is 33.3 Å². The summed E-state index contributed by atoms with van der Waals surface area (Å²) in [5, 5.41) is 8.95. The molecule has 27 heavy (non-hydrogen) atoms. The summed E-state index contributed by atoms with van der Waals surface area (Å²) in [4.78, 5) is 25.5. The maximum Gasteiger partial charge on any atom is 0.306 e. The van der Waals surface area contributed by atoms with Crippen LogP contribution in [0.25, 0.3) is 0 Å². The molecule has 1 N–H and O–H groups in total. The van der Waals surface area contributed by atoms with Crippen molar-refractivity contribution in [3.63, 3.8) is 0 Å². The Kier molecular flexibility index (Phi) is 7.72. The van der Waals surface area contributed by atoms with Gasteiger partial charge in [0.1, 0.15) is 0 Å². The van der Waals surface area contributed by atoms with Gasteiger partial charge in [0.25, 0.3) is 5.91 Å². The lowest BCUT2D eigenvalue weighted by atomic mass is 10.1. The molecule has 1 aromatic rings. The zero-order valence-corrected chi connectivity index (χ0v) is 16.0. The normalized spacial score (nSPS) is 16.7. The van der Waals surface area contributed by atoms with Gasteiger partial charge in [-0.15, -0.1) is 0 Å². The summed E-state index contributed by atoms with van der Waals surface area (Å²) in [6, 6.07) is 3.28. The second-order valence-electron chi connectivity index (χ2n) is 5.94. The molecule has 8 nitrogen and oxygen atoms in total. The second-order valence-corrected chi connectivity index (χ2v) is 5.94. The molecular weight excluding hydrogens is 354 g/mol. The fourth-order valence-electron chi connectivity index (χ4n) is 2.92. The van der Waals surface area contributed by atoms with Crippen LogP contribution >= 0.6 is 0 Å². The summed E-state index contributed by atoms with van der Waals surface area (Å²) in [5.74, 6) is 0.197. The van der Waals surface area contributed by atoms with E-state index in [1.54, 1.807) is 17.0 Å². The van der Waals surface area contributed by atoms with Gasteiger partial charge in [0.2, 0.25) is 5.75 Å². The summed E-state index contributed by atoms with van der Waals surface area (Å²) < 4.78 is 22.4. The number of carboxylic acid groups (broad SMARTS) is 1. The minimum Gasteiger partial charge on any atom is -0.490 e. The first-order chi connectivity index (χ1) is 13.0. The predicted octanol–water partition coefficient (Wildman–Crippen LogP) is 2.20. The Morgan fingerprint density at radius 1 is 1.11 bits per heavy atom. The van der Waals surface area contributed by atoms with Crippen molar-refractivity contribution in [3.8, 4) is 17.2 Å². The van der Waals surface area contributed by atoms with Gasteiger partial charge >= 0.3 is 5.97 Å². The van der Waals surface area contributed by atoms with Crippen LogP contribution in [0, 0.1) is 0 Å². The molecule has 1 aromatic carbocycles. The molecule has 0 aromatic heterocycles. The van der Waals surface area contributed by atoms with Crippen molar-refractivity contribution in [2.75, 3.05) is 39.5 Å². The number of benzene rings is 1. The standard InChI is InChI=1S/C19H27NO7/c1-4-24-15-9-13(10-16(25-5-2)18(15)26-6-3)19(23)20-7-8-27-14(12-20)11-17(21)22/h9-10,14H,4-8,11-12H2,1-3H3,(H,21,22). The maximum atomic E-state index is 13.0. The van der Waals surface area contributed by atoms with E-state index in [2.05, 4.69) is 0 Å². The fourth-order valence-corrected chi connectivity index (χ4v) is 2.92. The van der Waals surface area contributed by atoms with E-state index in [0.29, 0.717) is 55.8 Å². The van der Waals surface area contributed by atoms with Crippen LogP contribution < -0.4 is 14.2 Å². The van der Waals surface area contributed by atoms with Crippen LogP contribution in [0.15, 0.2) is 12.1 Å². The molecule has 1 aliphatic heterocycles. The van der Waals surface area contributed by atoms with Crippen molar-refractivity contribution in [1.29, 1.82) is 0 Å². The molecule has 1 saturated heterocycles. The van der Waals surface area contributed by atoms with Crippen molar-refractivity contribution in [3.05, 3.63) is 17.7 Å². The first kappa shape index (κ1) is 20.8. The molecule has 0 bridgehead atoms. The molecule has 0 radical (unpaired) electrons. The van der Waals surface area contributed by atoms with E-state index in [1.807, 2.05) is 20.8 Å². The Labute approximate surface area is 159 Å². The molecule has 150 valence electrons. The SMILES string of the molecule is CCOc1cc(C(=O)N2CCOC(CC(=O)O)C2)cc(OCC)c1OCC. The number of carboxylic acids is 1. The fraction of sp³-hybridized carbons (Fsp3) is 0.579. The number of aliphatic carboxylic acids is 1. The molecule has 1 atom stereocenters. The number of ether oxygens (including phenoxy) is 4. The average Bonchev–Trinajstić information content (AvgIpc) is 2.63. The van der Waals surface area contributed by atoms with E-state index in [1.165, 1.54) is 0 Å². The third kappa shape index (κ3) is 5.50. The van der Waals surface area contributed by atoms with Crippen molar-refractivity contribution < 1.29 is 33.6 Å². The molecule has 0 spiro atoms. The Balaban J connectivity index is 2.29. The van der Waals surface area contributed by atoms with Gasteiger partial charge in [0.05, 0.1) is 39.0 Å².